The second-order valence-corrected chi connectivity index (χ2v) is 11.4. The smallest absolute Gasteiger partial charge is 0.204 e. The van der Waals surface area contributed by atoms with Gasteiger partial charge < -0.3 is 32.9 Å². The third-order valence-electron chi connectivity index (χ3n) is 8.13. The van der Waals surface area contributed by atoms with Gasteiger partial charge in [0.1, 0.15) is 13.1 Å². The number of methoxy groups -OCH3 is 6. The van der Waals surface area contributed by atoms with E-state index in [9.17, 15) is 26.3 Å². The van der Waals surface area contributed by atoms with Crippen LogP contribution < -0.4 is 28.4 Å². The van der Waals surface area contributed by atoms with Crippen LogP contribution in [0.2, 0.25) is 0 Å². The lowest BCUT2D eigenvalue weighted by Crippen LogP contribution is -2.37. The topological polar surface area (TPSA) is 55.4 Å². The molecule has 1 aliphatic heterocycles. The Balaban J connectivity index is 2.12. The summed E-state index contributed by atoms with van der Waals surface area (Å²) in [5.74, 6) is -8.68. The van der Waals surface area contributed by atoms with Crippen LogP contribution in [0.15, 0.2) is 24.3 Å². The van der Waals surface area contributed by atoms with Crippen LogP contribution in [0.4, 0.5) is 26.3 Å². The van der Waals surface area contributed by atoms with E-state index >= 15 is 0 Å². The van der Waals surface area contributed by atoms with Crippen molar-refractivity contribution in [3.8, 4) is 67.9 Å². The van der Waals surface area contributed by atoms with Gasteiger partial charge in [0.05, 0.1) is 56.8 Å². The second-order valence-electron chi connectivity index (χ2n) is 11.4. The van der Waals surface area contributed by atoms with E-state index < -0.39 is 34.9 Å². The molecule has 4 aromatic rings. The summed E-state index contributed by atoms with van der Waals surface area (Å²) in [6.45, 7) is 0.270. The maximum atomic E-state index is 14.8. The first-order valence-corrected chi connectivity index (χ1v) is 14.1. The van der Waals surface area contributed by atoms with Crippen molar-refractivity contribution < 1.29 is 59.2 Å². The first-order chi connectivity index (χ1) is 22.3. The zero-order valence-electron chi connectivity index (χ0n) is 26.9. The first kappa shape index (κ1) is 33.6. The minimum absolute atomic E-state index is 0.0179. The fourth-order valence-electron chi connectivity index (χ4n) is 6.38. The van der Waals surface area contributed by atoms with Crippen molar-refractivity contribution in [2.75, 3.05) is 56.8 Å². The third kappa shape index (κ3) is 5.32. The Morgan fingerprint density at radius 3 is 0.936 bits per heavy atom. The van der Waals surface area contributed by atoms with Gasteiger partial charge in [-0.05, 0) is 35.4 Å². The highest BCUT2D eigenvalue weighted by atomic mass is 19.2. The predicted octanol–water partition coefficient (Wildman–Crippen LogP) is 7.66. The molecule has 5 rings (SSSR count). The predicted molar refractivity (Wildman–Crippen MR) is 161 cm³/mol. The number of benzene rings is 4. The third-order valence-corrected chi connectivity index (χ3v) is 8.13. The fraction of sp³-hybridized carbons (Fsp3) is 0.294. The second kappa shape index (κ2) is 12.4. The molecule has 0 fully saturated rings. The standard InChI is InChI=1S/C34H32F6NO6/c1-41(2)13-17-23(15-9-19(35)27(39)20(36)10-15)29(42-3)33(46-7)31(44-5)25(17)26-18(14-41)24(16-11-21(37)28(40)22(38)12-16)30(43-4)34(47-8)32(26)45-6/h9-12H,13-14H2,1-8H3/q+1. The van der Waals surface area contributed by atoms with Gasteiger partial charge in [-0.3, -0.25) is 0 Å². The molecule has 0 aliphatic carbocycles. The van der Waals surface area contributed by atoms with Gasteiger partial charge in [-0.1, -0.05) is 0 Å². The van der Waals surface area contributed by atoms with E-state index in [0.29, 0.717) is 22.3 Å². The minimum atomic E-state index is -1.65. The van der Waals surface area contributed by atoms with E-state index in [4.69, 9.17) is 28.4 Å². The Kier molecular flexibility index (Phi) is 8.89. The Bertz CT molecular complexity index is 1730. The van der Waals surface area contributed by atoms with Crippen LogP contribution in [-0.4, -0.2) is 61.2 Å². The molecule has 0 amide bonds. The van der Waals surface area contributed by atoms with Crippen molar-refractivity contribution in [3.63, 3.8) is 0 Å². The largest absolute Gasteiger partial charge is 0.492 e. The Morgan fingerprint density at radius 1 is 0.426 bits per heavy atom. The summed E-state index contributed by atoms with van der Waals surface area (Å²) in [6.07, 6.45) is 0. The Labute approximate surface area is 267 Å². The number of hydrogen-bond acceptors (Lipinski definition) is 6. The van der Waals surface area contributed by atoms with Crippen LogP contribution in [0, 0.1) is 34.9 Å². The van der Waals surface area contributed by atoms with E-state index in [1.807, 2.05) is 14.1 Å². The molecule has 0 saturated heterocycles. The van der Waals surface area contributed by atoms with Crippen LogP contribution in [-0.2, 0) is 13.1 Å². The van der Waals surface area contributed by atoms with E-state index in [1.165, 1.54) is 42.7 Å². The summed E-state index contributed by atoms with van der Waals surface area (Å²) in [7, 11) is 11.8. The lowest BCUT2D eigenvalue weighted by Gasteiger charge is -2.31. The monoisotopic (exact) mass is 664 g/mol. The number of rotatable bonds is 8. The summed E-state index contributed by atoms with van der Waals surface area (Å²) in [6, 6.07) is 3.37. The molecule has 1 heterocycles. The molecule has 13 heteroatoms. The Hall–Kier alpha value is -4.78. The van der Waals surface area contributed by atoms with Crippen molar-refractivity contribution in [1.29, 1.82) is 0 Å². The van der Waals surface area contributed by atoms with Crippen molar-refractivity contribution >= 4 is 0 Å². The van der Waals surface area contributed by atoms with Gasteiger partial charge in [-0.15, -0.1) is 0 Å². The molecular formula is C34H32F6NO6+. The quantitative estimate of drug-likeness (QED) is 0.110. The highest BCUT2D eigenvalue weighted by molar-refractivity contribution is 5.98. The van der Waals surface area contributed by atoms with Gasteiger partial charge in [0.25, 0.3) is 0 Å². The summed E-state index contributed by atoms with van der Waals surface area (Å²) in [5, 5.41) is 0. The molecule has 0 N–H and O–H groups in total. The highest BCUT2D eigenvalue weighted by Crippen LogP contribution is 2.61. The van der Waals surface area contributed by atoms with Gasteiger partial charge in [-0.25, -0.2) is 26.3 Å². The van der Waals surface area contributed by atoms with Gasteiger partial charge in [0.2, 0.25) is 11.5 Å². The molecule has 0 bridgehead atoms. The molecule has 4 aromatic carbocycles. The van der Waals surface area contributed by atoms with E-state index in [2.05, 4.69) is 0 Å². The zero-order valence-corrected chi connectivity index (χ0v) is 26.9. The van der Waals surface area contributed by atoms with Gasteiger partial charge >= 0.3 is 0 Å². The molecule has 47 heavy (non-hydrogen) atoms. The minimum Gasteiger partial charge on any atom is -0.492 e. The molecule has 250 valence electrons. The van der Waals surface area contributed by atoms with Gasteiger partial charge in [0.15, 0.2) is 57.9 Å². The Morgan fingerprint density at radius 2 is 0.681 bits per heavy atom. The van der Waals surface area contributed by atoms with Gasteiger partial charge in [-0.2, -0.15) is 0 Å². The van der Waals surface area contributed by atoms with Crippen molar-refractivity contribution in [1.82, 2.24) is 0 Å². The number of quaternary nitrogens is 1. The van der Waals surface area contributed by atoms with E-state index in [1.54, 1.807) is 0 Å². The zero-order chi connectivity index (χ0) is 34.5. The van der Waals surface area contributed by atoms with Crippen molar-refractivity contribution in [2.45, 2.75) is 13.1 Å². The van der Waals surface area contributed by atoms with Crippen LogP contribution in [0.5, 0.6) is 34.5 Å². The molecule has 0 spiro atoms. The number of ether oxygens (including phenoxy) is 6. The number of nitrogens with zero attached hydrogens (tertiary/aromatic N) is 1. The van der Waals surface area contributed by atoms with Crippen LogP contribution in [0.3, 0.4) is 0 Å². The maximum absolute atomic E-state index is 14.8. The van der Waals surface area contributed by atoms with Crippen molar-refractivity contribution in [2.24, 2.45) is 0 Å². The van der Waals surface area contributed by atoms with E-state index in [0.717, 1.165) is 24.3 Å². The lowest BCUT2D eigenvalue weighted by molar-refractivity contribution is -0.916. The molecule has 0 radical (unpaired) electrons. The molecule has 0 atom stereocenters. The van der Waals surface area contributed by atoms with Crippen molar-refractivity contribution in [3.05, 3.63) is 70.3 Å². The lowest BCUT2D eigenvalue weighted by atomic mass is 9.85. The average molecular weight is 665 g/mol. The fourth-order valence-corrected chi connectivity index (χ4v) is 6.38. The average Bonchev–Trinajstić information content (AvgIpc) is 3.15. The van der Waals surface area contributed by atoms with Crippen LogP contribution in [0.1, 0.15) is 11.1 Å². The van der Waals surface area contributed by atoms with Crippen LogP contribution in [0.25, 0.3) is 33.4 Å². The maximum Gasteiger partial charge on any atom is 0.204 e. The molecule has 7 nitrogen and oxygen atoms in total. The number of fused-ring (bicyclic) bond motifs is 3. The molecule has 1 aliphatic rings. The highest BCUT2D eigenvalue weighted by Gasteiger charge is 2.41. The summed E-state index contributed by atoms with van der Waals surface area (Å²) in [5.41, 5.74) is 1.62. The summed E-state index contributed by atoms with van der Waals surface area (Å²) < 4.78 is 122. The van der Waals surface area contributed by atoms with E-state index in [-0.39, 0.29) is 74.3 Å². The molecule has 0 saturated carbocycles. The molecular weight excluding hydrogens is 632 g/mol. The number of hydrogen-bond donors (Lipinski definition) is 0. The summed E-state index contributed by atoms with van der Waals surface area (Å²) in [4.78, 5) is 0. The van der Waals surface area contributed by atoms with Gasteiger partial charge in [0, 0.05) is 33.4 Å². The first-order valence-electron chi connectivity index (χ1n) is 14.1. The van der Waals surface area contributed by atoms with Crippen LogP contribution >= 0.6 is 0 Å². The normalized spacial score (nSPS) is 13.3. The molecule has 0 unspecified atom stereocenters. The summed E-state index contributed by atoms with van der Waals surface area (Å²) >= 11 is 0. The number of halogens is 6. The molecule has 0 aromatic heterocycles. The SMILES string of the molecule is COc1c(OC)c(-c2cc(F)c(F)c(F)c2)c2c(c1OC)-c1c(c(-c3cc(F)c(F)c(F)c3)c(OC)c(OC)c1OC)C[N+](C)(C)C2.